The lowest BCUT2D eigenvalue weighted by molar-refractivity contribution is -0.137. The van der Waals surface area contributed by atoms with Crippen LogP contribution >= 0.6 is 11.6 Å². The first-order valence-electron chi connectivity index (χ1n) is 9.48. The summed E-state index contributed by atoms with van der Waals surface area (Å²) in [6.07, 6.45) is -0.123. The van der Waals surface area contributed by atoms with E-state index in [1.54, 1.807) is 31.2 Å². The molecular weight excluding hydrogens is 408 g/mol. The highest BCUT2D eigenvalue weighted by atomic mass is 35.5. The van der Waals surface area contributed by atoms with Gasteiger partial charge in [0.05, 0.1) is 24.3 Å². The van der Waals surface area contributed by atoms with E-state index >= 15 is 0 Å². The third kappa shape index (κ3) is 4.36. The fourth-order valence-corrected chi connectivity index (χ4v) is 3.54. The van der Waals surface area contributed by atoms with Crippen molar-refractivity contribution in [2.75, 3.05) is 11.5 Å². The van der Waals surface area contributed by atoms with E-state index in [2.05, 4.69) is 0 Å². The zero-order chi connectivity index (χ0) is 21.8. The van der Waals surface area contributed by atoms with Gasteiger partial charge in [0.25, 0.3) is 5.91 Å². The molecule has 1 saturated heterocycles. The number of carbonyl (C=O) groups is 4. The maximum Gasteiger partial charge on any atom is 0.338 e. The van der Waals surface area contributed by atoms with Crippen molar-refractivity contribution in [2.24, 2.45) is 0 Å². The van der Waals surface area contributed by atoms with Gasteiger partial charge in [-0.25, -0.2) is 9.69 Å². The zero-order valence-corrected chi connectivity index (χ0v) is 17.4. The molecule has 7 nitrogen and oxygen atoms in total. The number of amides is 3. The van der Waals surface area contributed by atoms with Gasteiger partial charge >= 0.3 is 5.97 Å². The van der Waals surface area contributed by atoms with Gasteiger partial charge in [0.15, 0.2) is 0 Å². The van der Waals surface area contributed by atoms with E-state index in [9.17, 15) is 19.2 Å². The van der Waals surface area contributed by atoms with Crippen LogP contribution in [0.15, 0.2) is 48.5 Å². The van der Waals surface area contributed by atoms with Crippen molar-refractivity contribution in [3.8, 4) is 0 Å². The predicted octanol–water partition coefficient (Wildman–Crippen LogP) is 3.20. The molecule has 0 saturated carbocycles. The Morgan fingerprint density at radius 3 is 2.40 bits per heavy atom. The highest BCUT2D eigenvalue weighted by Crippen LogP contribution is 2.28. The minimum absolute atomic E-state index is 0.119. The molecule has 1 heterocycles. The molecule has 0 aromatic heterocycles. The maximum atomic E-state index is 13.0. The summed E-state index contributed by atoms with van der Waals surface area (Å²) in [5, 5.41) is 0.479. The highest BCUT2D eigenvalue weighted by molar-refractivity contribution is 6.31. The van der Waals surface area contributed by atoms with Crippen LogP contribution < -0.4 is 4.90 Å². The predicted molar refractivity (Wildman–Crippen MR) is 111 cm³/mol. The van der Waals surface area contributed by atoms with E-state index in [1.807, 2.05) is 0 Å². The molecule has 8 heteroatoms. The Bertz CT molecular complexity index is 989. The molecule has 0 bridgehead atoms. The quantitative estimate of drug-likeness (QED) is 0.521. The van der Waals surface area contributed by atoms with Gasteiger partial charge in [0, 0.05) is 18.5 Å². The first-order chi connectivity index (χ1) is 14.3. The third-order valence-electron chi connectivity index (χ3n) is 4.84. The molecule has 1 aliphatic heterocycles. The Labute approximate surface area is 179 Å². The number of anilines is 1. The lowest BCUT2D eigenvalue weighted by Gasteiger charge is -2.27. The topological polar surface area (TPSA) is 84.0 Å². The molecule has 0 spiro atoms. The standard InChI is InChI=1S/C22H21ClN2O5/c1-3-30-22(29)15-8-10-17(11-9-15)25-20(27)12-19(21(25)28)24(14(2)26)13-16-6-4-5-7-18(16)23/h4-11,19H,3,12-13H2,1-2H3. The fourth-order valence-electron chi connectivity index (χ4n) is 3.34. The van der Waals surface area contributed by atoms with Crippen molar-refractivity contribution in [1.29, 1.82) is 0 Å². The van der Waals surface area contributed by atoms with Crippen molar-refractivity contribution in [3.05, 3.63) is 64.7 Å². The lowest BCUT2D eigenvalue weighted by Crippen LogP contribution is -2.44. The molecule has 0 radical (unpaired) electrons. The largest absolute Gasteiger partial charge is 0.462 e. The molecule has 30 heavy (non-hydrogen) atoms. The molecule has 156 valence electrons. The number of rotatable bonds is 6. The van der Waals surface area contributed by atoms with Gasteiger partial charge in [-0.1, -0.05) is 29.8 Å². The third-order valence-corrected chi connectivity index (χ3v) is 5.21. The van der Waals surface area contributed by atoms with E-state index in [4.69, 9.17) is 16.3 Å². The first kappa shape index (κ1) is 21.5. The van der Waals surface area contributed by atoms with Gasteiger partial charge in [0.1, 0.15) is 6.04 Å². The van der Waals surface area contributed by atoms with Gasteiger partial charge in [-0.15, -0.1) is 0 Å². The number of nitrogens with zero attached hydrogens (tertiary/aromatic N) is 2. The van der Waals surface area contributed by atoms with E-state index < -0.39 is 23.8 Å². The number of imide groups is 1. The summed E-state index contributed by atoms with van der Waals surface area (Å²) >= 11 is 6.19. The normalized spacial score (nSPS) is 16.0. The number of ether oxygens (including phenoxy) is 1. The van der Waals surface area contributed by atoms with Gasteiger partial charge in [-0.2, -0.15) is 0 Å². The van der Waals surface area contributed by atoms with E-state index in [0.29, 0.717) is 21.8 Å². The molecule has 2 aromatic rings. The van der Waals surface area contributed by atoms with Crippen molar-refractivity contribution >= 4 is 41.0 Å². The number of hydrogen-bond acceptors (Lipinski definition) is 5. The SMILES string of the molecule is CCOC(=O)c1ccc(N2C(=O)CC(N(Cc3ccccc3Cl)C(C)=O)C2=O)cc1. The summed E-state index contributed by atoms with van der Waals surface area (Å²) in [6, 6.07) is 12.1. The average molecular weight is 429 g/mol. The van der Waals surface area contributed by atoms with E-state index in [-0.39, 0.29) is 25.5 Å². The zero-order valence-electron chi connectivity index (χ0n) is 16.6. The maximum absolute atomic E-state index is 13.0. The van der Waals surface area contributed by atoms with Gasteiger partial charge in [0.2, 0.25) is 11.8 Å². The minimum atomic E-state index is -0.920. The molecule has 1 atom stereocenters. The molecular formula is C22H21ClN2O5. The monoisotopic (exact) mass is 428 g/mol. The van der Waals surface area contributed by atoms with Crippen LogP contribution in [0.2, 0.25) is 5.02 Å². The highest BCUT2D eigenvalue weighted by Gasteiger charge is 2.43. The molecule has 0 aliphatic carbocycles. The lowest BCUT2D eigenvalue weighted by atomic mass is 10.1. The Kier molecular flexibility index (Phi) is 6.52. The van der Waals surface area contributed by atoms with Crippen molar-refractivity contribution < 1.29 is 23.9 Å². The molecule has 1 aliphatic rings. The molecule has 3 rings (SSSR count). The van der Waals surface area contributed by atoms with Crippen molar-refractivity contribution in [1.82, 2.24) is 4.90 Å². The van der Waals surface area contributed by atoms with Crippen LogP contribution in [0.25, 0.3) is 0 Å². The van der Waals surface area contributed by atoms with Gasteiger partial charge in [-0.3, -0.25) is 14.4 Å². The van der Waals surface area contributed by atoms with Crippen molar-refractivity contribution in [2.45, 2.75) is 32.9 Å². The van der Waals surface area contributed by atoms with E-state index in [1.165, 1.54) is 36.1 Å². The number of carbonyl (C=O) groups excluding carboxylic acids is 4. The van der Waals surface area contributed by atoms with E-state index in [0.717, 1.165) is 4.90 Å². The Morgan fingerprint density at radius 2 is 1.80 bits per heavy atom. The summed E-state index contributed by atoms with van der Waals surface area (Å²) in [7, 11) is 0. The summed E-state index contributed by atoms with van der Waals surface area (Å²) in [5.74, 6) is -1.73. The van der Waals surface area contributed by atoms with Crippen LogP contribution in [0.1, 0.15) is 36.2 Å². The summed E-state index contributed by atoms with van der Waals surface area (Å²) in [4.78, 5) is 52.1. The second kappa shape index (κ2) is 9.09. The number of hydrogen-bond donors (Lipinski definition) is 0. The molecule has 1 fully saturated rings. The Hall–Kier alpha value is -3.19. The molecule has 3 amide bonds. The average Bonchev–Trinajstić information content (AvgIpc) is 3.01. The van der Waals surface area contributed by atoms with Crippen molar-refractivity contribution in [3.63, 3.8) is 0 Å². The van der Waals surface area contributed by atoms with Crippen LogP contribution in [0.4, 0.5) is 5.69 Å². The fraction of sp³-hybridized carbons (Fsp3) is 0.273. The number of halogens is 1. The summed E-state index contributed by atoms with van der Waals surface area (Å²) in [6.45, 7) is 3.43. The second-order valence-corrected chi connectivity index (χ2v) is 7.20. The van der Waals surface area contributed by atoms with Crippen LogP contribution in [0.3, 0.4) is 0 Å². The second-order valence-electron chi connectivity index (χ2n) is 6.79. The van der Waals surface area contributed by atoms with Crippen LogP contribution in [0.5, 0.6) is 0 Å². The van der Waals surface area contributed by atoms with Crippen LogP contribution in [-0.2, 0) is 25.7 Å². The minimum Gasteiger partial charge on any atom is -0.462 e. The van der Waals surface area contributed by atoms with Gasteiger partial charge < -0.3 is 9.64 Å². The molecule has 1 unspecified atom stereocenters. The van der Waals surface area contributed by atoms with Crippen LogP contribution in [0, 0.1) is 0 Å². The smallest absolute Gasteiger partial charge is 0.338 e. The molecule has 2 aromatic carbocycles. The Morgan fingerprint density at radius 1 is 1.13 bits per heavy atom. The van der Waals surface area contributed by atoms with Crippen LogP contribution in [-0.4, -0.2) is 41.2 Å². The Balaban J connectivity index is 1.83. The number of esters is 1. The van der Waals surface area contributed by atoms with Gasteiger partial charge in [-0.05, 0) is 42.8 Å². The number of benzene rings is 2. The summed E-state index contributed by atoms with van der Waals surface area (Å²) in [5.41, 5.74) is 1.34. The first-order valence-corrected chi connectivity index (χ1v) is 9.85. The molecule has 0 N–H and O–H groups in total. The summed E-state index contributed by atoms with van der Waals surface area (Å²) < 4.78 is 4.94.